The Kier molecular flexibility index (Phi) is 4.13. The van der Waals surface area contributed by atoms with Crippen LogP contribution in [0.3, 0.4) is 0 Å². The molecule has 0 N–H and O–H groups in total. The van der Waals surface area contributed by atoms with Crippen LogP contribution in [0.25, 0.3) is 11.5 Å². The minimum Gasteiger partial charge on any atom is -0.419 e. The number of aromatic nitrogens is 2. The van der Waals surface area contributed by atoms with E-state index in [0.717, 1.165) is 12.1 Å². The van der Waals surface area contributed by atoms with Crippen molar-refractivity contribution in [3.05, 3.63) is 71.6 Å². The molecule has 2 heterocycles. The van der Waals surface area contributed by atoms with E-state index in [4.69, 9.17) is 4.42 Å². The fourth-order valence-corrected chi connectivity index (χ4v) is 3.45. The van der Waals surface area contributed by atoms with E-state index in [-0.39, 0.29) is 0 Å². The molecule has 1 atom stereocenters. The van der Waals surface area contributed by atoms with E-state index in [2.05, 4.69) is 64.5 Å². The third kappa shape index (κ3) is 3.10. The highest BCUT2D eigenvalue weighted by atomic mass is 16.4. The van der Waals surface area contributed by atoms with Gasteiger partial charge in [-0.05, 0) is 44.0 Å². The van der Waals surface area contributed by atoms with Gasteiger partial charge in [-0.15, -0.1) is 10.2 Å². The number of aryl methyl sites for hydroxylation is 1. The lowest BCUT2D eigenvalue weighted by atomic mass is 10.0. The monoisotopic (exact) mass is 319 g/mol. The molecule has 0 bridgehead atoms. The van der Waals surface area contributed by atoms with E-state index in [9.17, 15) is 0 Å². The standard InChI is InChI=1S/C20H21N3O/c1-15-7-5-10-17(13-15)20-22-21-19(24-20)14-23-12-6-11-18(23)16-8-3-2-4-9-16/h2-5,7-10,13,18H,6,11-12,14H2,1H3. The van der Waals surface area contributed by atoms with Crippen molar-refractivity contribution in [2.75, 3.05) is 6.54 Å². The largest absolute Gasteiger partial charge is 0.419 e. The van der Waals surface area contributed by atoms with Gasteiger partial charge in [-0.1, -0.05) is 48.0 Å². The van der Waals surface area contributed by atoms with Gasteiger partial charge < -0.3 is 4.42 Å². The maximum atomic E-state index is 5.91. The lowest BCUT2D eigenvalue weighted by molar-refractivity contribution is 0.224. The Labute approximate surface area is 142 Å². The molecule has 0 aliphatic carbocycles. The molecule has 1 saturated heterocycles. The van der Waals surface area contributed by atoms with E-state index >= 15 is 0 Å². The van der Waals surface area contributed by atoms with Crippen molar-refractivity contribution in [2.24, 2.45) is 0 Å². The molecule has 4 heteroatoms. The number of likely N-dealkylation sites (tertiary alicyclic amines) is 1. The van der Waals surface area contributed by atoms with Crippen molar-refractivity contribution < 1.29 is 4.42 Å². The van der Waals surface area contributed by atoms with Crippen LogP contribution in [0.5, 0.6) is 0 Å². The summed E-state index contributed by atoms with van der Waals surface area (Å²) < 4.78 is 5.91. The van der Waals surface area contributed by atoms with Crippen LogP contribution in [-0.2, 0) is 6.54 Å². The van der Waals surface area contributed by atoms with Gasteiger partial charge in [0.25, 0.3) is 0 Å². The second-order valence-corrected chi connectivity index (χ2v) is 6.41. The quantitative estimate of drug-likeness (QED) is 0.715. The van der Waals surface area contributed by atoms with E-state index in [1.807, 2.05) is 12.1 Å². The molecule has 1 aliphatic heterocycles. The zero-order valence-electron chi connectivity index (χ0n) is 13.9. The van der Waals surface area contributed by atoms with E-state index < -0.39 is 0 Å². The Morgan fingerprint density at radius 1 is 1.08 bits per heavy atom. The molecule has 0 amide bonds. The van der Waals surface area contributed by atoms with Crippen LogP contribution in [0.1, 0.15) is 35.9 Å². The average molecular weight is 319 g/mol. The van der Waals surface area contributed by atoms with Crippen molar-refractivity contribution in [1.29, 1.82) is 0 Å². The second kappa shape index (κ2) is 6.57. The lowest BCUT2D eigenvalue weighted by Crippen LogP contribution is -2.22. The summed E-state index contributed by atoms with van der Waals surface area (Å²) in [6, 6.07) is 19.3. The molecule has 0 spiro atoms. The highest BCUT2D eigenvalue weighted by Crippen LogP contribution is 2.33. The number of hydrogen-bond donors (Lipinski definition) is 0. The Balaban J connectivity index is 1.51. The molecule has 4 rings (SSSR count). The van der Waals surface area contributed by atoms with Crippen molar-refractivity contribution >= 4 is 0 Å². The van der Waals surface area contributed by atoms with Crippen molar-refractivity contribution in [3.8, 4) is 11.5 Å². The van der Waals surface area contributed by atoms with Crippen LogP contribution < -0.4 is 0 Å². The number of nitrogens with zero attached hydrogens (tertiary/aromatic N) is 3. The van der Waals surface area contributed by atoms with E-state index in [0.29, 0.717) is 24.4 Å². The SMILES string of the molecule is Cc1cccc(-c2nnc(CN3CCCC3c3ccccc3)o2)c1. The fourth-order valence-electron chi connectivity index (χ4n) is 3.45. The van der Waals surface area contributed by atoms with Gasteiger partial charge in [-0.25, -0.2) is 0 Å². The first-order valence-electron chi connectivity index (χ1n) is 8.48. The third-order valence-corrected chi connectivity index (χ3v) is 4.62. The lowest BCUT2D eigenvalue weighted by Gasteiger charge is -2.23. The second-order valence-electron chi connectivity index (χ2n) is 6.41. The highest BCUT2D eigenvalue weighted by molar-refractivity contribution is 5.53. The zero-order chi connectivity index (χ0) is 16.4. The number of hydrogen-bond acceptors (Lipinski definition) is 4. The van der Waals surface area contributed by atoms with Gasteiger partial charge >= 0.3 is 0 Å². The van der Waals surface area contributed by atoms with Crippen LogP contribution in [0.15, 0.2) is 59.0 Å². The minimum absolute atomic E-state index is 0.445. The topological polar surface area (TPSA) is 42.2 Å². The van der Waals surface area contributed by atoms with Gasteiger partial charge in [0, 0.05) is 11.6 Å². The average Bonchev–Trinajstić information content (AvgIpc) is 3.26. The van der Waals surface area contributed by atoms with Gasteiger partial charge in [-0.2, -0.15) is 0 Å². The van der Waals surface area contributed by atoms with Crippen LogP contribution in [0.4, 0.5) is 0 Å². The predicted molar refractivity (Wildman–Crippen MR) is 93.3 cm³/mol. The summed E-state index contributed by atoms with van der Waals surface area (Å²) in [6.45, 7) is 3.84. The molecule has 2 aromatic carbocycles. The Morgan fingerprint density at radius 2 is 1.96 bits per heavy atom. The van der Waals surface area contributed by atoms with Gasteiger partial charge in [0.2, 0.25) is 11.8 Å². The van der Waals surface area contributed by atoms with Gasteiger partial charge in [0.1, 0.15) is 0 Å². The maximum Gasteiger partial charge on any atom is 0.247 e. The maximum absolute atomic E-state index is 5.91. The molecule has 122 valence electrons. The Morgan fingerprint density at radius 3 is 2.79 bits per heavy atom. The summed E-state index contributed by atoms with van der Waals surface area (Å²) in [6.07, 6.45) is 2.39. The molecule has 0 radical (unpaired) electrons. The summed E-state index contributed by atoms with van der Waals surface area (Å²) in [5, 5.41) is 8.48. The summed E-state index contributed by atoms with van der Waals surface area (Å²) >= 11 is 0. The molecule has 0 saturated carbocycles. The molecule has 1 aromatic heterocycles. The molecular formula is C20H21N3O. The summed E-state index contributed by atoms with van der Waals surface area (Å²) in [5.41, 5.74) is 3.54. The van der Waals surface area contributed by atoms with Gasteiger partial charge in [-0.3, -0.25) is 4.90 Å². The predicted octanol–water partition coefficient (Wildman–Crippen LogP) is 4.38. The van der Waals surface area contributed by atoms with Crippen molar-refractivity contribution in [2.45, 2.75) is 32.4 Å². The first-order chi connectivity index (χ1) is 11.8. The Bertz CT molecular complexity index is 813. The molecule has 3 aromatic rings. The molecule has 24 heavy (non-hydrogen) atoms. The summed E-state index contributed by atoms with van der Waals surface area (Å²) in [7, 11) is 0. The van der Waals surface area contributed by atoms with Crippen LogP contribution >= 0.6 is 0 Å². The normalized spacial score (nSPS) is 18.1. The first kappa shape index (κ1) is 15.1. The zero-order valence-corrected chi connectivity index (χ0v) is 13.9. The van der Waals surface area contributed by atoms with Crippen LogP contribution in [-0.4, -0.2) is 21.6 Å². The Hall–Kier alpha value is -2.46. The number of rotatable bonds is 4. The van der Waals surface area contributed by atoms with E-state index in [1.165, 1.54) is 24.0 Å². The molecular weight excluding hydrogens is 298 g/mol. The number of benzene rings is 2. The summed E-state index contributed by atoms with van der Waals surface area (Å²) in [4.78, 5) is 2.43. The van der Waals surface area contributed by atoms with Crippen LogP contribution in [0.2, 0.25) is 0 Å². The van der Waals surface area contributed by atoms with Gasteiger partial charge in [0.15, 0.2) is 0 Å². The molecule has 4 nitrogen and oxygen atoms in total. The summed E-state index contributed by atoms with van der Waals surface area (Å²) in [5.74, 6) is 1.29. The third-order valence-electron chi connectivity index (χ3n) is 4.62. The smallest absolute Gasteiger partial charge is 0.247 e. The van der Waals surface area contributed by atoms with Gasteiger partial charge in [0.05, 0.1) is 6.54 Å². The molecule has 1 fully saturated rings. The van der Waals surface area contributed by atoms with E-state index in [1.54, 1.807) is 0 Å². The highest BCUT2D eigenvalue weighted by Gasteiger charge is 2.27. The fraction of sp³-hybridized carbons (Fsp3) is 0.300. The molecule has 1 aliphatic rings. The van der Waals surface area contributed by atoms with Crippen molar-refractivity contribution in [3.63, 3.8) is 0 Å². The van der Waals surface area contributed by atoms with Crippen molar-refractivity contribution in [1.82, 2.24) is 15.1 Å². The minimum atomic E-state index is 0.445. The first-order valence-corrected chi connectivity index (χ1v) is 8.48. The van der Waals surface area contributed by atoms with Crippen LogP contribution in [0, 0.1) is 6.92 Å². The molecule has 1 unspecified atom stereocenters.